The van der Waals surface area contributed by atoms with Gasteiger partial charge in [-0.15, -0.1) is 0 Å². The van der Waals surface area contributed by atoms with Crippen molar-refractivity contribution in [2.24, 2.45) is 0 Å². The van der Waals surface area contributed by atoms with Crippen LogP contribution in [0.1, 0.15) is 10.4 Å². The largest absolute Gasteiger partial charge is 0.504 e. The molecule has 6 heteroatoms. The Morgan fingerprint density at radius 2 is 2.00 bits per heavy atom. The predicted octanol–water partition coefficient (Wildman–Crippen LogP) is 1.28. The standard InChI is InChI=1S/C7H4F2O4/c8-4-1-3(7(12)13-9)2-5(10)6(4)11/h1-2,10-11H. The summed E-state index contributed by atoms with van der Waals surface area (Å²) in [5, 5.41) is 17.5. The number of halogens is 2. The Morgan fingerprint density at radius 1 is 1.38 bits per heavy atom. The molecule has 0 saturated carbocycles. The summed E-state index contributed by atoms with van der Waals surface area (Å²) in [6.45, 7) is 0. The summed E-state index contributed by atoms with van der Waals surface area (Å²) in [5.74, 6) is -4.55. The normalized spacial score (nSPS) is 9.69. The van der Waals surface area contributed by atoms with Crippen LogP contribution in [0.2, 0.25) is 0 Å². The number of carbonyl (C=O) groups excluding carboxylic acids is 1. The summed E-state index contributed by atoms with van der Waals surface area (Å²) in [4.78, 5) is 13.3. The van der Waals surface area contributed by atoms with E-state index in [4.69, 9.17) is 10.2 Å². The summed E-state index contributed by atoms with van der Waals surface area (Å²) in [5.41, 5.74) is -0.532. The third kappa shape index (κ3) is 1.66. The van der Waals surface area contributed by atoms with Crippen molar-refractivity contribution in [3.63, 3.8) is 0 Å². The van der Waals surface area contributed by atoms with Crippen molar-refractivity contribution < 1.29 is 28.9 Å². The summed E-state index contributed by atoms with van der Waals surface area (Å²) < 4.78 is 23.9. The average molecular weight is 190 g/mol. The fourth-order valence-corrected chi connectivity index (χ4v) is 0.747. The second-order valence-electron chi connectivity index (χ2n) is 2.19. The first kappa shape index (κ1) is 9.24. The summed E-state index contributed by atoms with van der Waals surface area (Å²) in [6.07, 6.45) is 0. The van der Waals surface area contributed by atoms with Crippen molar-refractivity contribution >= 4 is 5.97 Å². The smallest absolute Gasteiger partial charge is 0.379 e. The second kappa shape index (κ2) is 3.26. The Morgan fingerprint density at radius 3 is 2.46 bits per heavy atom. The lowest BCUT2D eigenvalue weighted by Crippen LogP contribution is -1.99. The molecule has 0 aliphatic rings. The third-order valence-corrected chi connectivity index (χ3v) is 1.35. The van der Waals surface area contributed by atoms with Crippen LogP contribution < -0.4 is 0 Å². The van der Waals surface area contributed by atoms with Crippen LogP contribution in [0, 0.1) is 5.82 Å². The lowest BCUT2D eigenvalue weighted by molar-refractivity contribution is -0.0788. The molecule has 1 aromatic rings. The average Bonchev–Trinajstić information content (AvgIpc) is 2.12. The first-order valence-corrected chi connectivity index (χ1v) is 3.10. The molecule has 0 radical (unpaired) electrons. The van der Waals surface area contributed by atoms with Crippen LogP contribution in [0.3, 0.4) is 0 Å². The maximum atomic E-state index is 12.6. The minimum absolute atomic E-state index is 0.532. The van der Waals surface area contributed by atoms with Gasteiger partial charge in [0.15, 0.2) is 17.3 Å². The lowest BCUT2D eigenvalue weighted by atomic mass is 10.2. The van der Waals surface area contributed by atoms with Gasteiger partial charge in [-0.1, -0.05) is 0 Å². The zero-order chi connectivity index (χ0) is 10.0. The van der Waals surface area contributed by atoms with E-state index < -0.39 is 28.8 Å². The predicted molar refractivity (Wildman–Crippen MR) is 36.3 cm³/mol. The third-order valence-electron chi connectivity index (χ3n) is 1.35. The fraction of sp³-hybridized carbons (Fsp3) is 0. The highest BCUT2D eigenvalue weighted by molar-refractivity contribution is 5.89. The maximum Gasteiger partial charge on any atom is 0.379 e. The molecule has 70 valence electrons. The number of hydrogen-bond acceptors (Lipinski definition) is 4. The summed E-state index contributed by atoms with van der Waals surface area (Å²) in [7, 11) is 0. The summed E-state index contributed by atoms with van der Waals surface area (Å²) in [6, 6.07) is 1.22. The van der Waals surface area contributed by atoms with Gasteiger partial charge in [0.1, 0.15) is 0 Å². The van der Waals surface area contributed by atoms with Crippen LogP contribution in [0.25, 0.3) is 0 Å². The van der Waals surface area contributed by atoms with Crippen molar-refractivity contribution in [3.8, 4) is 11.5 Å². The Hall–Kier alpha value is -1.85. The molecule has 0 saturated heterocycles. The topological polar surface area (TPSA) is 66.8 Å². The molecule has 0 aliphatic heterocycles. The van der Waals surface area contributed by atoms with E-state index in [0.29, 0.717) is 12.1 Å². The van der Waals surface area contributed by atoms with Crippen LogP contribution in [-0.4, -0.2) is 16.2 Å². The zero-order valence-electron chi connectivity index (χ0n) is 6.12. The molecule has 0 fully saturated rings. The van der Waals surface area contributed by atoms with Crippen molar-refractivity contribution in [2.45, 2.75) is 0 Å². The molecule has 0 heterocycles. The van der Waals surface area contributed by atoms with Gasteiger partial charge in [-0.05, 0) is 12.1 Å². The molecule has 1 rings (SSSR count). The van der Waals surface area contributed by atoms with E-state index in [0.717, 1.165) is 0 Å². The fourth-order valence-electron chi connectivity index (χ4n) is 0.747. The van der Waals surface area contributed by atoms with Gasteiger partial charge in [0.05, 0.1) is 5.56 Å². The number of phenolic OH excluding ortho intramolecular Hbond substituents is 2. The number of phenols is 2. The molecule has 0 aliphatic carbocycles. The molecule has 0 atom stereocenters. The van der Waals surface area contributed by atoms with Crippen molar-refractivity contribution in [3.05, 3.63) is 23.5 Å². The summed E-state index contributed by atoms with van der Waals surface area (Å²) >= 11 is 0. The number of aromatic hydroxyl groups is 2. The molecule has 0 amide bonds. The van der Waals surface area contributed by atoms with E-state index in [1.807, 2.05) is 0 Å². The number of hydrogen-bond donors (Lipinski definition) is 2. The molecule has 0 spiro atoms. The first-order chi connectivity index (χ1) is 6.06. The molecule has 13 heavy (non-hydrogen) atoms. The quantitative estimate of drug-likeness (QED) is 0.654. The Kier molecular flexibility index (Phi) is 2.32. The monoisotopic (exact) mass is 190 g/mol. The minimum Gasteiger partial charge on any atom is -0.504 e. The van der Waals surface area contributed by atoms with Crippen molar-refractivity contribution in [1.82, 2.24) is 0 Å². The van der Waals surface area contributed by atoms with Crippen LogP contribution in [0.5, 0.6) is 11.5 Å². The van der Waals surface area contributed by atoms with Crippen LogP contribution in [0.15, 0.2) is 12.1 Å². The molecular weight excluding hydrogens is 186 g/mol. The van der Waals surface area contributed by atoms with Crippen LogP contribution in [0.4, 0.5) is 8.92 Å². The number of rotatable bonds is 1. The van der Waals surface area contributed by atoms with Gasteiger partial charge in [-0.25, -0.2) is 14.1 Å². The Balaban J connectivity index is 3.20. The Labute approximate surface area is 70.9 Å². The zero-order valence-corrected chi connectivity index (χ0v) is 6.12. The molecule has 4 nitrogen and oxygen atoms in total. The highest BCUT2D eigenvalue weighted by atomic mass is 19.3. The van der Waals surface area contributed by atoms with E-state index in [9.17, 15) is 13.7 Å². The van der Waals surface area contributed by atoms with Gasteiger partial charge in [0.2, 0.25) is 0 Å². The van der Waals surface area contributed by atoms with E-state index in [-0.39, 0.29) is 0 Å². The first-order valence-electron chi connectivity index (χ1n) is 3.10. The molecule has 1 aromatic carbocycles. The van der Waals surface area contributed by atoms with E-state index in [1.165, 1.54) is 0 Å². The van der Waals surface area contributed by atoms with E-state index in [1.54, 1.807) is 0 Å². The molecule has 0 unspecified atom stereocenters. The van der Waals surface area contributed by atoms with Gasteiger partial charge in [0.25, 0.3) is 0 Å². The highest BCUT2D eigenvalue weighted by Crippen LogP contribution is 2.29. The molecular formula is C7H4F2O4. The minimum atomic E-state index is -1.45. The number of carbonyl (C=O) groups is 1. The lowest BCUT2D eigenvalue weighted by Gasteiger charge is -2.00. The molecule has 2 N–H and O–H groups in total. The number of benzene rings is 1. The SMILES string of the molecule is O=C(OF)c1cc(O)c(O)c(F)c1. The molecule has 0 bridgehead atoms. The van der Waals surface area contributed by atoms with Crippen LogP contribution in [-0.2, 0) is 4.94 Å². The van der Waals surface area contributed by atoms with Crippen molar-refractivity contribution in [1.29, 1.82) is 0 Å². The van der Waals surface area contributed by atoms with Crippen LogP contribution >= 0.6 is 0 Å². The van der Waals surface area contributed by atoms with Gasteiger partial charge < -0.3 is 10.2 Å². The van der Waals surface area contributed by atoms with Gasteiger partial charge in [-0.3, -0.25) is 0 Å². The second-order valence-corrected chi connectivity index (χ2v) is 2.19. The van der Waals surface area contributed by atoms with Gasteiger partial charge in [-0.2, -0.15) is 0 Å². The van der Waals surface area contributed by atoms with Crippen molar-refractivity contribution in [2.75, 3.05) is 0 Å². The van der Waals surface area contributed by atoms with E-state index >= 15 is 0 Å². The molecule has 0 aromatic heterocycles. The van der Waals surface area contributed by atoms with Gasteiger partial charge >= 0.3 is 5.97 Å². The van der Waals surface area contributed by atoms with E-state index in [2.05, 4.69) is 4.94 Å². The Bertz CT molecular complexity index is 327. The van der Waals surface area contributed by atoms with Gasteiger partial charge in [0, 0.05) is 4.53 Å². The highest BCUT2D eigenvalue weighted by Gasteiger charge is 2.15. The maximum absolute atomic E-state index is 12.6.